The second-order valence-corrected chi connectivity index (χ2v) is 7.63. The van der Waals surface area contributed by atoms with Crippen molar-refractivity contribution >= 4 is 33.4 Å². The molecule has 0 saturated heterocycles. The zero-order valence-electron chi connectivity index (χ0n) is 15.1. The molecule has 0 atom stereocenters. The normalized spacial score (nSPS) is 10.8. The average Bonchev–Trinajstić information content (AvgIpc) is 3.08. The lowest BCUT2D eigenvalue weighted by Gasteiger charge is -2.10. The average molecular weight is 447 g/mol. The highest BCUT2D eigenvalue weighted by atomic mass is 79.9. The van der Waals surface area contributed by atoms with Crippen LogP contribution in [0.25, 0.3) is 5.69 Å². The highest BCUT2D eigenvalue weighted by Gasteiger charge is 2.17. The number of carbonyl (C=O) groups excluding carboxylic acids is 1. The Hall–Kier alpha value is -2.11. The molecule has 0 aliphatic rings. The Morgan fingerprint density at radius 1 is 1.11 bits per heavy atom. The summed E-state index contributed by atoms with van der Waals surface area (Å²) in [6.07, 6.45) is 4.14. The van der Waals surface area contributed by atoms with Gasteiger partial charge in [0.25, 0.3) is 5.91 Å². The molecule has 4 nitrogen and oxygen atoms in total. The summed E-state index contributed by atoms with van der Waals surface area (Å²) in [5, 5.41) is 8.12. The van der Waals surface area contributed by atoms with Crippen LogP contribution < -0.4 is 5.32 Å². The van der Waals surface area contributed by atoms with Crippen molar-refractivity contribution in [2.45, 2.75) is 26.2 Å². The van der Waals surface area contributed by atoms with Gasteiger partial charge in [-0.15, -0.1) is 0 Å². The summed E-state index contributed by atoms with van der Waals surface area (Å²) >= 11 is 9.40. The van der Waals surface area contributed by atoms with Crippen LogP contribution in [0.1, 0.15) is 35.0 Å². The fourth-order valence-corrected chi connectivity index (χ4v) is 3.30. The maximum absolute atomic E-state index is 12.7. The van der Waals surface area contributed by atoms with E-state index in [0.29, 0.717) is 17.1 Å². The van der Waals surface area contributed by atoms with E-state index in [1.165, 1.54) is 5.56 Å². The Bertz CT molecular complexity index is 904. The number of carbonyl (C=O) groups is 1. The molecule has 0 aliphatic carbocycles. The standard InChI is InChI=1S/C21H21BrClN3O/c1-2-3-20-19(14-25-26(20)18-10-8-17(23)9-11-18)21(27)24-13-12-15-4-6-16(22)7-5-15/h4-11,14H,2-3,12-13H2,1H3,(H,24,27). The first-order chi connectivity index (χ1) is 13.1. The van der Waals surface area contributed by atoms with Crippen LogP contribution in [0.2, 0.25) is 5.02 Å². The van der Waals surface area contributed by atoms with Gasteiger partial charge in [-0.3, -0.25) is 4.79 Å². The monoisotopic (exact) mass is 445 g/mol. The van der Waals surface area contributed by atoms with Gasteiger partial charge in [-0.05, 0) is 54.8 Å². The van der Waals surface area contributed by atoms with Crippen molar-refractivity contribution in [3.05, 3.63) is 81.0 Å². The number of nitrogens with one attached hydrogen (secondary N) is 1. The van der Waals surface area contributed by atoms with Gasteiger partial charge in [-0.25, -0.2) is 4.68 Å². The fraction of sp³-hybridized carbons (Fsp3) is 0.238. The van der Waals surface area contributed by atoms with Crippen LogP contribution in [-0.2, 0) is 12.8 Å². The molecule has 27 heavy (non-hydrogen) atoms. The molecule has 6 heteroatoms. The maximum Gasteiger partial charge on any atom is 0.254 e. The summed E-state index contributed by atoms with van der Waals surface area (Å²) < 4.78 is 2.87. The molecule has 0 radical (unpaired) electrons. The summed E-state index contributed by atoms with van der Waals surface area (Å²) in [6, 6.07) is 15.6. The molecule has 1 aromatic heterocycles. The van der Waals surface area contributed by atoms with Crippen LogP contribution in [0, 0.1) is 0 Å². The number of hydrogen-bond acceptors (Lipinski definition) is 2. The molecular formula is C21H21BrClN3O. The summed E-state index contributed by atoms with van der Waals surface area (Å²) in [5.74, 6) is -0.0872. The highest BCUT2D eigenvalue weighted by Crippen LogP contribution is 2.19. The van der Waals surface area contributed by atoms with Crippen molar-refractivity contribution in [3.8, 4) is 5.69 Å². The van der Waals surface area contributed by atoms with Gasteiger partial charge in [0.1, 0.15) is 0 Å². The van der Waals surface area contributed by atoms with Gasteiger partial charge in [-0.2, -0.15) is 5.10 Å². The van der Waals surface area contributed by atoms with Crippen molar-refractivity contribution in [2.75, 3.05) is 6.54 Å². The zero-order chi connectivity index (χ0) is 19.2. The first-order valence-corrected chi connectivity index (χ1v) is 10.1. The number of benzene rings is 2. The fourth-order valence-electron chi connectivity index (χ4n) is 2.91. The topological polar surface area (TPSA) is 46.9 Å². The second-order valence-electron chi connectivity index (χ2n) is 6.28. The first-order valence-electron chi connectivity index (χ1n) is 8.94. The molecule has 3 aromatic rings. The lowest BCUT2D eigenvalue weighted by atomic mass is 10.1. The van der Waals surface area contributed by atoms with E-state index in [9.17, 15) is 4.79 Å². The molecule has 0 aliphatic heterocycles. The third-order valence-electron chi connectivity index (χ3n) is 4.28. The van der Waals surface area contributed by atoms with E-state index in [1.54, 1.807) is 6.20 Å². The number of amides is 1. The Labute approximate surface area is 172 Å². The van der Waals surface area contributed by atoms with E-state index in [-0.39, 0.29) is 5.91 Å². The minimum absolute atomic E-state index is 0.0872. The van der Waals surface area contributed by atoms with Gasteiger partial charge in [0, 0.05) is 16.0 Å². The van der Waals surface area contributed by atoms with Gasteiger partial charge < -0.3 is 5.32 Å². The van der Waals surface area contributed by atoms with Gasteiger partial charge in [-0.1, -0.05) is 53.0 Å². The summed E-state index contributed by atoms with van der Waals surface area (Å²) in [4.78, 5) is 12.7. The van der Waals surface area contributed by atoms with E-state index in [4.69, 9.17) is 11.6 Å². The largest absolute Gasteiger partial charge is 0.352 e. The highest BCUT2D eigenvalue weighted by molar-refractivity contribution is 9.10. The smallest absolute Gasteiger partial charge is 0.254 e. The molecule has 0 unspecified atom stereocenters. The van der Waals surface area contributed by atoms with Gasteiger partial charge in [0.2, 0.25) is 0 Å². The SMILES string of the molecule is CCCc1c(C(=O)NCCc2ccc(Br)cc2)cnn1-c1ccc(Cl)cc1. The molecule has 2 aromatic carbocycles. The van der Waals surface area contributed by atoms with Crippen LogP contribution in [0.4, 0.5) is 0 Å². The molecule has 3 rings (SSSR count). The molecule has 1 amide bonds. The molecule has 140 valence electrons. The zero-order valence-corrected chi connectivity index (χ0v) is 17.4. The quantitative estimate of drug-likeness (QED) is 0.541. The molecule has 0 bridgehead atoms. The minimum atomic E-state index is -0.0872. The number of aromatic nitrogens is 2. The molecular weight excluding hydrogens is 426 g/mol. The maximum atomic E-state index is 12.7. The minimum Gasteiger partial charge on any atom is -0.352 e. The van der Waals surface area contributed by atoms with Crippen molar-refractivity contribution in [2.24, 2.45) is 0 Å². The Morgan fingerprint density at radius 2 is 1.81 bits per heavy atom. The van der Waals surface area contributed by atoms with Crippen LogP contribution in [0.3, 0.4) is 0 Å². The van der Waals surface area contributed by atoms with E-state index in [2.05, 4.69) is 45.4 Å². The van der Waals surface area contributed by atoms with Crippen LogP contribution >= 0.6 is 27.5 Å². The van der Waals surface area contributed by atoms with Crippen LogP contribution in [0.15, 0.2) is 59.2 Å². The predicted octanol–water partition coefficient (Wildman–Crippen LogP) is 5.21. The third-order valence-corrected chi connectivity index (χ3v) is 5.06. The van der Waals surface area contributed by atoms with Gasteiger partial charge >= 0.3 is 0 Å². The lowest BCUT2D eigenvalue weighted by Crippen LogP contribution is -2.26. The summed E-state index contributed by atoms with van der Waals surface area (Å²) in [6.45, 7) is 2.67. The van der Waals surface area contributed by atoms with E-state index < -0.39 is 0 Å². The van der Waals surface area contributed by atoms with Gasteiger partial charge in [0.05, 0.1) is 23.1 Å². The first kappa shape index (κ1) is 19.6. The van der Waals surface area contributed by atoms with Crippen LogP contribution in [0.5, 0.6) is 0 Å². The Balaban J connectivity index is 1.72. The Morgan fingerprint density at radius 3 is 2.48 bits per heavy atom. The van der Waals surface area contributed by atoms with Crippen LogP contribution in [-0.4, -0.2) is 22.2 Å². The summed E-state index contributed by atoms with van der Waals surface area (Å²) in [7, 11) is 0. The molecule has 0 fully saturated rings. The number of hydrogen-bond donors (Lipinski definition) is 1. The molecule has 1 heterocycles. The third kappa shape index (κ3) is 4.99. The number of nitrogens with zero attached hydrogens (tertiary/aromatic N) is 2. The summed E-state index contributed by atoms with van der Waals surface area (Å²) in [5.41, 5.74) is 3.63. The van der Waals surface area contributed by atoms with Crippen molar-refractivity contribution in [3.63, 3.8) is 0 Å². The van der Waals surface area contributed by atoms with Crippen molar-refractivity contribution < 1.29 is 4.79 Å². The van der Waals surface area contributed by atoms with Crippen molar-refractivity contribution in [1.82, 2.24) is 15.1 Å². The van der Waals surface area contributed by atoms with Crippen molar-refractivity contribution in [1.29, 1.82) is 0 Å². The van der Waals surface area contributed by atoms with Gasteiger partial charge in [0.15, 0.2) is 0 Å². The number of rotatable bonds is 7. The number of halogens is 2. The van der Waals surface area contributed by atoms with E-state index in [1.807, 2.05) is 41.1 Å². The lowest BCUT2D eigenvalue weighted by molar-refractivity contribution is 0.0953. The molecule has 1 N–H and O–H groups in total. The molecule has 0 spiro atoms. The van der Waals surface area contributed by atoms with E-state index in [0.717, 1.165) is 35.1 Å². The predicted molar refractivity (Wildman–Crippen MR) is 113 cm³/mol. The van der Waals surface area contributed by atoms with E-state index >= 15 is 0 Å². The molecule has 0 saturated carbocycles. The Kier molecular flexibility index (Phi) is 6.69. The second kappa shape index (κ2) is 9.20.